The Labute approximate surface area is 81.6 Å². The van der Waals surface area contributed by atoms with Gasteiger partial charge >= 0.3 is 5.97 Å². The zero-order valence-corrected chi connectivity index (χ0v) is 8.08. The first kappa shape index (κ1) is 9.18. The van der Waals surface area contributed by atoms with Gasteiger partial charge in [0, 0.05) is 5.41 Å². The summed E-state index contributed by atoms with van der Waals surface area (Å²) in [5, 5.41) is 15.1. The van der Waals surface area contributed by atoms with E-state index in [1.54, 1.807) is 0 Å². The van der Waals surface area contributed by atoms with Gasteiger partial charge in [-0.2, -0.15) is 0 Å². The van der Waals surface area contributed by atoms with Crippen molar-refractivity contribution in [3.8, 4) is 0 Å². The summed E-state index contributed by atoms with van der Waals surface area (Å²) >= 11 is 0. The van der Waals surface area contributed by atoms with Gasteiger partial charge in [0.1, 0.15) is 5.82 Å². The van der Waals surface area contributed by atoms with E-state index in [9.17, 15) is 4.79 Å². The topological polar surface area (TPSA) is 78.9 Å². The van der Waals surface area contributed by atoms with Crippen LogP contribution in [0.3, 0.4) is 0 Å². The van der Waals surface area contributed by atoms with Crippen LogP contribution in [-0.4, -0.2) is 26.3 Å². The van der Waals surface area contributed by atoms with Gasteiger partial charge < -0.3 is 5.11 Å². The summed E-state index contributed by atoms with van der Waals surface area (Å²) in [7, 11) is 0. The van der Waals surface area contributed by atoms with Crippen molar-refractivity contribution < 1.29 is 9.90 Å². The minimum atomic E-state index is -1.07. The quantitative estimate of drug-likeness (QED) is 0.746. The molecule has 1 saturated carbocycles. The Kier molecular flexibility index (Phi) is 2.02. The van der Waals surface area contributed by atoms with Crippen molar-refractivity contribution in [2.45, 2.75) is 38.0 Å². The van der Waals surface area contributed by atoms with E-state index in [1.807, 2.05) is 0 Å². The number of nitrogens with zero attached hydrogens (tertiary/aromatic N) is 2. The SMILES string of the molecule is CC1(c2nc(C(=O)O)n[nH]2)CCCC1. The molecule has 0 radical (unpaired) electrons. The van der Waals surface area contributed by atoms with Gasteiger partial charge in [-0.3, -0.25) is 5.10 Å². The van der Waals surface area contributed by atoms with Gasteiger partial charge in [0.15, 0.2) is 0 Å². The molecule has 1 heterocycles. The highest BCUT2D eigenvalue weighted by Crippen LogP contribution is 2.38. The van der Waals surface area contributed by atoms with E-state index in [2.05, 4.69) is 22.1 Å². The Balaban J connectivity index is 2.28. The fraction of sp³-hybridized carbons (Fsp3) is 0.667. The smallest absolute Gasteiger partial charge is 0.375 e. The molecule has 0 atom stereocenters. The average Bonchev–Trinajstić information content (AvgIpc) is 2.71. The highest BCUT2D eigenvalue weighted by Gasteiger charge is 2.34. The Morgan fingerprint density at radius 1 is 1.50 bits per heavy atom. The molecule has 2 rings (SSSR count). The lowest BCUT2D eigenvalue weighted by Gasteiger charge is -2.19. The van der Waals surface area contributed by atoms with Crippen molar-refractivity contribution >= 4 is 5.97 Å². The molecule has 0 spiro atoms. The van der Waals surface area contributed by atoms with E-state index in [0.717, 1.165) is 12.8 Å². The summed E-state index contributed by atoms with van der Waals surface area (Å²) in [6.45, 7) is 2.10. The number of H-pyrrole nitrogens is 1. The first-order valence-electron chi connectivity index (χ1n) is 4.78. The number of aromatic carboxylic acids is 1. The fourth-order valence-corrected chi connectivity index (χ4v) is 2.02. The van der Waals surface area contributed by atoms with Gasteiger partial charge in [0.25, 0.3) is 5.82 Å². The lowest BCUT2D eigenvalue weighted by atomic mass is 9.88. The Morgan fingerprint density at radius 3 is 2.64 bits per heavy atom. The number of carbonyl (C=O) groups is 1. The zero-order valence-electron chi connectivity index (χ0n) is 8.08. The molecule has 1 aromatic rings. The Morgan fingerprint density at radius 2 is 2.14 bits per heavy atom. The molecule has 1 aliphatic rings. The van der Waals surface area contributed by atoms with Gasteiger partial charge in [0.05, 0.1) is 0 Å². The lowest BCUT2D eigenvalue weighted by molar-refractivity contribution is 0.0684. The van der Waals surface area contributed by atoms with Gasteiger partial charge in [-0.1, -0.05) is 19.8 Å². The molecule has 5 heteroatoms. The van der Waals surface area contributed by atoms with Crippen molar-refractivity contribution in [2.75, 3.05) is 0 Å². The zero-order chi connectivity index (χ0) is 10.2. The monoisotopic (exact) mass is 195 g/mol. The fourth-order valence-electron chi connectivity index (χ4n) is 2.02. The molecule has 5 nitrogen and oxygen atoms in total. The second kappa shape index (κ2) is 3.08. The molecule has 1 fully saturated rings. The highest BCUT2D eigenvalue weighted by atomic mass is 16.4. The minimum Gasteiger partial charge on any atom is -0.475 e. The molecule has 0 bridgehead atoms. The molecule has 1 aliphatic carbocycles. The second-order valence-corrected chi connectivity index (χ2v) is 4.08. The van der Waals surface area contributed by atoms with Crippen molar-refractivity contribution in [1.29, 1.82) is 0 Å². The molecule has 0 unspecified atom stereocenters. The number of aromatic amines is 1. The largest absolute Gasteiger partial charge is 0.475 e. The summed E-state index contributed by atoms with van der Waals surface area (Å²) < 4.78 is 0. The molecule has 0 amide bonds. The molecule has 2 N–H and O–H groups in total. The molecule has 0 aliphatic heterocycles. The van der Waals surface area contributed by atoms with Gasteiger partial charge in [0.2, 0.25) is 0 Å². The number of carboxylic acid groups (broad SMARTS) is 1. The Hall–Kier alpha value is -1.39. The maximum Gasteiger partial charge on any atom is 0.375 e. The predicted molar refractivity (Wildman–Crippen MR) is 49.2 cm³/mol. The third kappa shape index (κ3) is 1.38. The van der Waals surface area contributed by atoms with Crippen LogP contribution in [-0.2, 0) is 5.41 Å². The molecular weight excluding hydrogens is 182 g/mol. The molecular formula is C9H13N3O2. The van der Waals surface area contributed by atoms with Crippen molar-refractivity contribution in [3.63, 3.8) is 0 Å². The predicted octanol–water partition coefficient (Wildman–Crippen LogP) is 1.33. The highest BCUT2D eigenvalue weighted by molar-refractivity contribution is 5.82. The van der Waals surface area contributed by atoms with E-state index in [0.29, 0.717) is 5.82 Å². The number of aromatic nitrogens is 3. The minimum absolute atomic E-state index is 0.000694. The third-order valence-electron chi connectivity index (χ3n) is 2.96. The van der Waals surface area contributed by atoms with E-state index >= 15 is 0 Å². The van der Waals surface area contributed by atoms with Crippen LogP contribution in [0.4, 0.5) is 0 Å². The standard InChI is InChI=1S/C9H13N3O2/c1-9(4-2-3-5-9)8-10-6(7(13)14)11-12-8/h2-5H2,1H3,(H,13,14)(H,10,11,12). The summed E-state index contributed by atoms with van der Waals surface area (Å²) in [6.07, 6.45) is 4.47. The van der Waals surface area contributed by atoms with Crippen molar-refractivity contribution in [3.05, 3.63) is 11.6 Å². The third-order valence-corrected chi connectivity index (χ3v) is 2.96. The van der Waals surface area contributed by atoms with Crippen LogP contribution in [0.5, 0.6) is 0 Å². The van der Waals surface area contributed by atoms with Crippen LogP contribution in [0.15, 0.2) is 0 Å². The maximum atomic E-state index is 10.6. The van der Waals surface area contributed by atoms with Gasteiger partial charge in [-0.25, -0.2) is 9.78 Å². The maximum absolute atomic E-state index is 10.6. The van der Waals surface area contributed by atoms with E-state index in [4.69, 9.17) is 5.11 Å². The number of rotatable bonds is 2. The molecule has 1 aromatic heterocycles. The first-order chi connectivity index (χ1) is 6.62. The normalized spacial score (nSPS) is 19.8. The Bertz CT molecular complexity index is 353. The average molecular weight is 195 g/mol. The molecule has 0 aromatic carbocycles. The van der Waals surface area contributed by atoms with Crippen LogP contribution in [0.2, 0.25) is 0 Å². The second-order valence-electron chi connectivity index (χ2n) is 4.08. The van der Waals surface area contributed by atoms with Crippen molar-refractivity contribution in [2.24, 2.45) is 0 Å². The van der Waals surface area contributed by atoms with E-state index in [1.165, 1.54) is 12.8 Å². The number of hydrogen-bond acceptors (Lipinski definition) is 3. The van der Waals surface area contributed by atoms with Gasteiger partial charge in [-0.15, -0.1) is 5.10 Å². The van der Waals surface area contributed by atoms with Gasteiger partial charge in [-0.05, 0) is 12.8 Å². The number of nitrogens with one attached hydrogen (secondary N) is 1. The number of hydrogen-bond donors (Lipinski definition) is 2. The summed E-state index contributed by atoms with van der Waals surface area (Å²) in [4.78, 5) is 14.6. The summed E-state index contributed by atoms with van der Waals surface area (Å²) in [6, 6.07) is 0. The molecule has 14 heavy (non-hydrogen) atoms. The number of carboxylic acids is 1. The summed E-state index contributed by atoms with van der Waals surface area (Å²) in [5.74, 6) is -0.491. The van der Waals surface area contributed by atoms with Crippen LogP contribution >= 0.6 is 0 Å². The van der Waals surface area contributed by atoms with Crippen LogP contribution < -0.4 is 0 Å². The molecule has 0 saturated heterocycles. The van der Waals surface area contributed by atoms with E-state index in [-0.39, 0.29) is 11.2 Å². The van der Waals surface area contributed by atoms with Crippen molar-refractivity contribution in [1.82, 2.24) is 15.2 Å². The molecule has 76 valence electrons. The lowest BCUT2D eigenvalue weighted by Crippen LogP contribution is -2.19. The van der Waals surface area contributed by atoms with Crippen LogP contribution in [0.1, 0.15) is 49.1 Å². The van der Waals surface area contributed by atoms with Crippen LogP contribution in [0, 0.1) is 0 Å². The first-order valence-corrected chi connectivity index (χ1v) is 4.78. The van der Waals surface area contributed by atoms with Crippen LogP contribution in [0.25, 0.3) is 0 Å². The summed E-state index contributed by atoms with van der Waals surface area (Å²) in [5.41, 5.74) is 0.000694. The van der Waals surface area contributed by atoms with E-state index < -0.39 is 5.97 Å².